The Morgan fingerprint density at radius 2 is 2.44 bits per heavy atom. The predicted molar refractivity (Wildman–Crippen MR) is 33.6 cm³/mol. The number of pyridine rings is 1. The first-order chi connectivity index (χ1) is 4.34. The summed E-state index contributed by atoms with van der Waals surface area (Å²) in [6.07, 6.45) is 2.26. The van der Waals surface area contributed by atoms with Gasteiger partial charge in [-0.15, -0.1) is 0 Å². The van der Waals surface area contributed by atoms with Gasteiger partial charge in [0.25, 0.3) is 0 Å². The van der Waals surface area contributed by atoms with E-state index in [4.69, 9.17) is 0 Å². The molecule has 9 heavy (non-hydrogen) atoms. The molecule has 1 nitrogen and oxygen atoms in total. The third-order valence-corrected chi connectivity index (χ3v) is 1.17. The SMILES string of the molecule is CCc1ncccc1F. The number of hydrogen-bond acceptors (Lipinski definition) is 1. The highest BCUT2D eigenvalue weighted by Gasteiger charge is 1.95. The van der Waals surface area contributed by atoms with Crippen molar-refractivity contribution in [1.82, 2.24) is 4.98 Å². The van der Waals surface area contributed by atoms with Gasteiger partial charge in [0, 0.05) is 6.20 Å². The Hall–Kier alpha value is -0.920. The van der Waals surface area contributed by atoms with Crippen LogP contribution in [-0.2, 0) is 6.42 Å². The van der Waals surface area contributed by atoms with Gasteiger partial charge >= 0.3 is 0 Å². The van der Waals surface area contributed by atoms with Gasteiger partial charge < -0.3 is 0 Å². The molecule has 0 saturated carbocycles. The Bertz CT molecular complexity index is 198. The van der Waals surface area contributed by atoms with Crippen LogP contribution in [-0.4, -0.2) is 4.98 Å². The minimum atomic E-state index is -0.208. The van der Waals surface area contributed by atoms with Gasteiger partial charge in [-0.25, -0.2) is 4.39 Å². The normalized spacial score (nSPS) is 9.56. The summed E-state index contributed by atoms with van der Waals surface area (Å²) in [6, 6.07) is 3.01. The van der Waals surface area contributed by atoms with E-state index in [1.807, 2.05) is 6.92 Å². The molecule has 0 spiro atoms. The fraction of sp³-hybridized carbons (Fsp3) is 0.286. The number of hydrogen-bond donors (Lipinski definition) is 0. The molecule has 0 aliphatic carbocycles. The molecule has 0 bridgehead atoms. The van der Waals surface area contributed by atoms with Crippen LogP contribution in [0, 0.1) is 5.82 Å². The zero-order chi connectivity index (χ0) is 6.69. The average Bonchev–Trinajstić information content (AvgIpc) is 1.89. The Labute approximate surface area is 53.5 Å². The Morgan fingerprint density at radius 1 is 1.67 bits per heavy atom. The topological polar surface area (TPSA) is 12.9 Å². The molecule has 1 aromatic heterocycles. The molecular weight excluding hydrogens is 117 g/mol. The molecular formula is C7H8FN. The lowest BCUT2D eigenvalue weighted by Crippen LogP contribution is -1.89. The molecule has 1 heterocycles. The van der Waals surface area contributed by atoms with Gasteiger partial charge in [0.15, 0.2) is 0 Å². The third-order valence-electron chi connectivity index (χ3n) is 1.17. The van der Waals surface area contributed by atoms with Gasteiger partial charge in [-0.3, -0.25) is 4.98 Å². The summed E-state index contributed by atoms with van der Waals surface area (Å²) in [4.78, 5) is 3.82. The standard InChI is InChI=1S/C7H8FN/c1-2-7-6(8)4-3-5-9-7/h3-5H,2H2,1H3. The first-order valence-corrected chi connectivity index (χ1v) is 2.94. The molecule has 2 heteroatoms. The molecule has 0 saturated heterocycles. The van der Waals surface area contributed by atoms with Gasteiger partial charge in [-0.1, -0.05) is 6.92 Å². The maximum atomic E-state index is 12.5. The highest BCUT2D eigenvalue weighted by atomic mass is 19.1. The van der Waals surface area contributed by atoms with Gasteiger partial charge in [-0.05, 0) is 18.6 Å². The highest BCUT2D eigenvalue weighted by molar-refractivity contribution is 5.06. The van der Waals surface area contributed by atoms with Gasteiger partial charge in [0.1, 0.15) is 5.82 Å². The lowest BCUT2D eigenvalue weighted by atomic mass is 10.3. The van der Waals surface area contributed by atoms with Crippen molar-refractivity contribution in [1.29, 1.82) is 0 Å². The molecule has 48 valence electrons. The van der Waals surface area contributed by atoms with Crippen LogP contribution >= 0.6 is 0 Å². The van der Waals surface area contributed by atoms with Crippen molar-refractivity contribution in [2.24, 2.45) is 0 Å². The quantitative estimate of drug-likeness (QED) is 0.557. The van der Waals surface area contributed by atoms with E-state index < -0.39 is 0 Å². The van der Waals surface area contributed by atoms with Crippen LogP contribution in [0.1, 0.15) is 12.6 Å². The van der Waals surface area contributed by atoms with Gasteiger partial charge in [0.2, 0.25) is 0 Å². The Kier molecular flexibility index (Phi) is 1.78. The number of aryl methyl sites for hydroxylation is 1. The van der Waals surface area contributed by atoms with Crippen LogP contribution in [0.25, 0.3) is 0 Å². The summed E-state index contributed by atoms with van der Waals surface area (Å²) < 4.78 is 12.5. The smallest absolute Gasteiger partial charge is 0.144 e. The molecule has 0 fully saturated rings. The van der Waals surface area contributed by atoms with Crippen molar-refractivity contribution in [2.45, 2.75) is 13.3 Å². The Morgan fingerprint density at radius 3 is 2.89 bits per heavy atom. The lowest BCUT2D eigenvalue weighted by Gasteiger charge is -1.93. The monoisotopic (exact) mass is 125 g/mol. The molecule has 0 aliphatic rings. The lowest BCUT2D eigenvalue weighted by molar-refractivity contribution is 0.602. The van der Waals surface area contributed by atoms with Crippen molar-refractivity contribution in [3.63, 3.8) is 0 Å². The van der Waals surface area contributed by atoms with Crippen LogP contribution in [0.3, 0.4) is 0 Å². The molecule has 0 amide bonds. The van der Waals surface area contributed by atoms with E-state index in [1.165, 1.54) is 6.07 Å². The second-order valence-electron chi connectivity index (χ2n) is 1.79. The summed E-state index contributed by atoms with van der Waals surface area (Å²) in [6.45, 7) is 1.88. The molecule has 1 aromatic rings. The van der Waals surface area contributed by atoms with Crippen molar-refractivity contribution in [2.75, 3.05) is 0 Å². The zero-order valence-corrected chi connectivity index (χ0v) is 5.26. The predicted octanol–water partition coefficient (Wildman–Crippen LogP) is 1.78. The van der Waals surface area contributed by atoms with Crippen molar-refractivity contribution >= 4 is 0 Å². The minimum Gasteiger partial charge on any atom is -0.258 e. The van der Waals surface area contributed by atoms with Crippen LogP contribution < -0.4 is 0 Å². The first kappa shape index (κ1) is 6.20. The molecule has 0 aliphatic heterocycles. The zero-order valence-electron chi connectivity index (χ0n) is 5.26. The maximum absolute atomic E-state index is 12.5. The van der Waals surface area contributed by atoms with E-state index in [1.54, 1.807) is 12.3 Å². The molecule has 0 unspecified atom stereocenters. The molecule has 0 N–H and O–H groups in total. The van der Waals surface area contributed by atoms with Crippen LogP contribution in [0.2, 0.25) is 0 Å². The molecule has 0 aromatic carbocycles. The fourth-order valence-corrected chi connectivity index (χ4v) is 0.679. The third kappa shape index (κ3) is 1.25. The van der Waals surface area contributed by atoms with E-state index in [9.17, 15) is 4.39 Å². The maximum Gasteiger partial charge on any atom is 0.144 e. The first-order valence-electron chi connectivity index (χ1n) is 2.94. The molecule has 0 radical (unpaired) electrons. The minimum absolute atomic E-state index is 0.208. The summed E-state index contributed by atoms with van der Waals surface area (Å²) in [5, 5.41) is 0. The van der Waals surface area contributed by atoms with Crippen molar-refractivity contribution in [3.8, 4) is 0 Å². The summed E-state index contributed by atoms with van der Waals surface area (Å²) >= 11 is 0. The van der Waals surface area contributed by atoms with E-state index in [2.05, 4.69) is 4.98 Å². The Balaban J connectivity index is 3.01. The number of nitrogens with zero attached hydrogens (tertiary/aromatic N) is 1. The summed E-state index contributed by atoms with van der Waals surface area (Å²) in [7, 11) is 0. The van der Waals surface area contributed by atoms with E-state index in [0.29, 0.717) is 12.1 Å². The van der Waals surface area contributed by atoms with E-state index in [-0.39, 0.29) is 5.82 Å². The number of halogens is 1. The molecule has 0 atom stereocenters. The van der Waals surface area contributed by atoms with Crippen LogP contribution in [0.15, 0.2) is 18.3 Å². The number of rotatable bonds is 1. The average molecular weight is 125 g/mol. The summed E-state index contributed by atoms with van der Waals surface area (Å²) in [5.41, 5.74) is 0.539. The summed E-state index contributed by atoms with van der Waals surface area (Å²) in [5.74, 6) is -0.208. The van der Waals surface area contributed by atoms with Gasteiger partial charge in [0.05, 0.1) is 5.69 Å². The second kappa shape index (κ2) is 2.58. The fourth-order valence-electron chi connectivity index (χ4n) is 0.679. The highest BCUT2D eigenvalue weighted by Crippen LogP contribution is 2.01. The van der Waals surface area contributed by atoms with E-state index in [0.717, 1.165) is 0 Å². The van der Waals surface area contributed by atoms with E-state index >= 15 is 0 Å². The van der Waals surface area contributed by atoms with Gasteiger partial charge in [-0.2, -0.15) is 0 Å². The van der Waals surface area contributed by atoms with Crippen molar-refractivity contribution < 1.29 is 4.39 Å². The second-order valence-corrected chi connectivity index (χ2v) is 1.79. The van der Waals surface area contributed by atoms with Crippen LogP contribution in [0.5, 0.6) is 0 Å². The molecule has 1 rings (SSSR count). The number of aromatic nitrogens is 1. The van der Waals surface area contributed by atoms with Crippen molar-refractivity contribution in [3.05, 3.63) is 29.8 Å². The van der Waals surface area contributed by atoms with Crippen LogP contribution in [0.4, 0.5) is 4.39 Å². The largest absolute Gasteiger partial charge is 0.258 e.